The van der Waals surface area contributed by atoms with Crippen molar-refractivity contribution in [1.29, 1.82) is 0 Å². The Hall–Kier alpha value is 0.384. The molecule has 0 atom stereocenters. The van der Waals surface area contributed by atoms with Gasteiger partial charge in [-0.2, -0.15) is 0 Å². The first-order valence-corrected chi connectivity index (χ1v) is 6.63. The zero-order valence-corrected chi connectivity index (χ0v) is 9.33. The summed E-state index contributed by atoms with van der Waals surface area (Å²) >= 11 is -3.56. The molecule has 0 fully saturated rings. The Morgan fingerprint density at radius 2 is 1.38 bits per heavy atom. The molecule has 0 bridgehead atoms. The van der Waals surface area contributed by atoms with E-state index in [4.69, 9.17) is 9.96 Å². The van der Waals surface area contributed by atoms with Gasteiger partial charge in [0, 0.05) is 0 Å². The van der Waals surface area contributed by atoms with Gasteiger partial charge in [0.1, 0.15) is 0 Å². The van der Waals surface area contributed by atoms with Gasteiger partial charge in [-0.1, -0.05) is 0 Å². The molecule has 0 amide bonds. The molecule has 80 valence electrons. The van der Waals surface area contributed by atoms with Crippen LogP contribution < -0.4 is 0 Å². The average molecular weight is 238 g/mol. The molecular formula is C6H13F3O3Ti. The third-order valence-corrected chi connectivity index (χ3v) is 5.91. The SMILES string of the molecule is C[O][Ti]([CH2]CC(F)(F)F)([O]C)[O]C. The van der Waals surface area contributed by atoms with Crippen molar-refractivity contribution in [1.82, 2.24) is 0 Å². The summed E-state index contributed by atoms with van der Waals surface area (Å²) in [6.07, 6.45) is -5.12. The van der Waals surface area contributed by atoms with E-state index in [1.165, 1.54) is 21.3 Å². The molecule has 0 aliphatic heterocycles. The van der Waals surface area contributed by atoms with Gasteiger partial charge < -0.3 is 0 Å². The Kier molecular flexibility index (Phi) is 5.47. The monoisotopic (exact) mass is 238 g/mol. The van der Waals surface area contributed by atoms with E-state index in [1.54, 1.807) is 0 Å². The summed E-state index contributed by atoms with van der Waals surface area (Å²) in [5, 5.41) is 0. The summed E-state index contributed by atoms with van der Waals surface area (Å²) in [6, 6.07) is 0. The molecule has 0 N–H and O–H groups in total. The fourth-order valence-electron chi connectivity index (χ4n) is 0.851. The molecule has 0 aromatic carbocycles. The van der Waals surface area contributed by atoms with Crippen molar-refractivity contribution < 1.29 is 40.9 Å². The van der Waals surface area contributed by atoms with Crippen LogP contribution in [0, 0.1) is 0 Å². The van der Waals surface area contributed by atoms with Crippen LogP contribution in [0.4, 0.5) is 13.2 Å². The molecule has 0 heterocycles. The van der Waals surface area contributed by atoms with Crippen molar-refractivity contribution in [2.24, 2.45) is 0 Å². The molecule has 0 aromatic rings. The molecule has 0 aliphatic carbocycles. The molecule has 0 aliphatic rings. The zero-order valence-electron chi connectivity index (χ0n) is 7.77. The molecule has 0 saturated carbocycles. The van der Waals surface area contributed by atoms with Gasteiger partial charge in [-0.15, -0.1) is 0 Å². The quantitative estimate of drug-likeness (QED) is 0.687. The average Bonchev–Trinajstić information content (AvgIpc) is 2.06. The predicted molar refractivity (Wildman–Crippen MR) is 36.5 cm³/mol. The minimum atomic E-state index is -4.19. The Morgan fingerprint density at radius 3 is 1.62 bits per heavy atom. The first kappa shape index (κ1) is 13.4. The normalized spacial score (nSPS) is 13.4. The molecule has 0 rings (SSSR count). The number of hydrogen-bond acceptors (Lipinski definition) is 3. The van der Waals surface area contributed by atoms with Gasteiger partial charge in [0.25, 0.3) is 0 Å². The third-order valence-electron chi connectivity index (χ3n) is 1.65. The molecule has 0 radical (unpaired) electrons. The van der Waals surface area contributed by atoms with E-state index in [9.17, 15) is 13.2 Å². The van der Waals surface area contributed by atoms with E-state index in [-0.39, 0.29) is 4.73 Å². The number of halogens is 3. The molecule has 0 aromatic heterocycles. The molecule has 0 unspecified atom stereocenters. The van der Waals surface area contributed by atoms with Crippen molar-refractivity contribution in [3.05, 3.63) is 0 Å². The Morgan fingerprint density at radius 1 is 1.00 bits per heavy atom. The van der Waals surface area contributed by atoms with Crippen molar-refractivity contribution >= 4 is 0 Å². The van der Waals surface area contributed by atoms with Crippen molar-refractivity contribution in [3.63, 3.8) is 0 Å². The fourth-order valence-corrected chi connectivity index (χ4v) is 3.51. The van der Waals surface area contributed by atoms with E-state index in [0.717, 1.165) is 0 Å². The second-order valence-corrected chi connectivity index (χ2v) is 7.24. The maximum atomic E-state index is 11.9. The summed E-state index contributed by atoms with van der Waals surface area (Å²) in [6.45, 7) is 0. The van der Waals surface area contributed by atoms with Crippen LogP contribution >= 0.6 is 0 Å². The van der Waals surface area contributed by atoms with Crippen molar-refractivity contribution in [3.8, 4) is 0 Å². The second-order valence-electron chi connectivity index (χ2n) is 2.41. The molecule has 7 heteroatoms. The van der Waals surface area contributed by atoms with Crippen LogP contribution in [0.3, 0.4) is 0 Å². The van der Waals surface area contributed by atoms with Crippen LogP contribution in [0.1, 0.15) is 6.42 Å². The molecule has 0 saturated heterocycles. The van der Waals surface area contributed by atoms with Crippen LogP contribution in [0.5, 0.6) is 0 Å². The van der Waals surface area contributed by atoms with E-state index in [0.29, 0.717) is 0 Å². The summed E-state index contributed by atoms with van der Waals surface area (Å²) in [4.78, 5) is 0. The van der Waals surface area contributed by atoms with Gasteiger partial charge in [-0.3, -0.25) is 0 Å². The molecule has 0 spiro atoms. The number of alkyl halides is 3. The standard InChI is InChI=1S/C3H4F3.3CH3O.Ti/c1-2-3(4,5)6;3*1-2;/h1-2H2;3*1H3;/q;3*-1;+3. The van der Waals surface area contributed by atoms with E-state index in [1.807, 2.05) is 0 Å². The van der Waals surface area contributed by atoms with E-state index < -0.39 is 30.4 Å². The maximum absolute atomic E-state index is 11.9. The Bertz CT molecular complexity index is 138. The van der Waals surface area contributed by atoms with E-state index in [2.05, 4.69) is 0 Å². The topological polar surface area (TPSA) is 27.7 Å². The van der Waals surface area contributed by atoms with Gasteiger partial charge in [0.05, 0.1) is 0 Å². The minimum absolute atomic E-state index is 0.201. The van der Waals surface area contributed by atoms with Gasteiger partial charge in [-0.05, 0) is 0 Å². The van der Waals surface area contributed by atoms with Gasteiger partial charge in [0.15, 0.2) is 0 Å². The number of rotatable bonds is 5. The third kappa shape index (κ3) is 4.97. The Labute approximate surface area is 79.9 Å². The second kappa shape index (κ2) is 5.31. The first-order chi connectivity index (χ1) is 5.89. The summed E-state index contributed by atoms with van der Waals surface area (Å²) in [5.41, 5.74) is 0. The molecular weight excluding hydrogens is 225 g/mol. The Balaban J connectivity index is 4.11. The van der Waals surface area contributed by atoms with Crippen LogP contribution in [0.25, 0.3) is 0 Å². The van der Waals surface area contributed by atoms with E-state index >= 15 is 0 Å². The van der Waals surface area contributed by atoms with Crippen LogP contribution in [0.2, 0.25) is 4.73 Å². The van der Waals surface area contributed by atoms with Gasteiger partial charge in [-0.25, -0.2) is 0 Å². The van der Waals surface area contributed by atoms with Crippen LogP contribution in [0.15, 0.2) is 0 Å². The number of hydrogen-bond donors (Lipinski definition) is 0. The predicted octanol–water partition coefficient (Wildman–Crippen LogP) is 2.20. The summed E-state index contributed by atoms with van der Waals surface area (Å²) in [5.74, 6) is 0. The van der Waals surface area contributed by atoms with Gasteiger partial charge >= 0.3 is 79.5 Å². The van der Waals surface area contributed by atoms with Crippen molar-refractivity contribution in [2.75, 3.05) is 21.3 Å². The first-order valence-electron chi connectivity index (χ1n) is 3.61. The van der Waals surface area contributed by atoms with Crippen LogP contribution in [-0.2, 0) is 27.7 Å². The molecule has 13 heavy (non-hydrogen) atoms. The fraction of sp³-hybridized carbons (Fsp3) is 1.00. The van der Waals surface area contributed by atoms with Gasteiger partial charge in [0.2, 0.25) is 0 Å². The zero-order chi connectivity index (χ0) is 10.5. The van der Waals surface area contributed by atoms with Crippen LogP contribution in [-0.4, -0.2) is 27.5 Å². The molecule has 3 nitrogen and oxygen atoms in total. The summed E-state index contributed by atoms with van der Waals surface area (Å²) < 4.78 is 50.0. The summed E-state index contributed by atoms with van der Waals surface area (Å²) in [7, 11) is 3.93. The van der Waals surface area contributed by atoms with Crippen molar-refractivity contribution in [2.45, 2.75) is 17.3 Å².